The molecule has 218 valence electrons. The Kier molecular flexibility index (Phi) is 7.72. The molecule has 0 unspecified atom stereocenters. The number of halogens is 1. The monoisotopic (exact) mass is 588 g/mol. The topological polar surface area (TPSA) is 111 Å². The molecule has 42 heavy (non-hydrogen) atoms. The Balaban J connectivity index is 1.13. The smallest absolute Gasteiger partial charge is 0.333 e. The van der Waals surface area contributed by atoms with Gasteiger partial charge in [-0.3, -0.25) is 23.7 Å². The van der Waals surface area contributed by atoms with E-state index >= 15 is 0 Å². The zero-order valence-electron chi connectivity index (χ0n) is 23.6. The number of carbonyl (C=O) groups is 2. The van der Waals surface area contributed by atoms with Gasteiger partial charge in [0.1, 0.15) is 6.10 Å². The molecular weight excluding hydrogens is 556 g/mol. The van der Waals surface area contributed by atoms with Crippen LogP contribution in [0.1, 0.15) is 48.7 Å². The summed E-state index contributed by atoms with van der Waals surface area (Å²) in [7, 11) is 0. The summed E-state index contributed by atoms with van der Waals surface area (Å²) >= 11 is 6.05. The second-order valence-corrected chi connectivity index (χ2v) is 11.6. The SMILES string of the molecule is CC(=O)N1CC(Oc2ccc(-n3c(=O)n(C[C@H]4CC[C@H](NC(=O)c5cc(Cl)cnc5C)CC4)c4ccccc43)cn2)C1. The van der Waals surface area contributed by atoms with Crippen LogP contribution in [0.3, 0.4) is 0 Å². The number of carbonyl (C=O) groups excluding carboxylic acids is 2. The van der Waals surface area contributed by atoms with Crippen molar-refractivity contribution in [3.63, 3.8) is 0 Å². The molecule has 1 aromatic carbocycles. The van der Waals surface area contributed by atoms with Gasteiger partial charge < -0.3 is 15.0 Å². The van der Waals surface area contributed by atoms with Gasteiger partial charge in [0.2, 0.25) is 11.8 Å². The maximum Gasteiger partial charge on any atom is 0.333 e. The number of likely N-dealkylation sites (tertiary alicyclic amines) is 1. The highest BCUT2D eigenvalue weighted by atomic mass is 35.5. The lowest BCUT2D eigenvalue weighted by atomic mass is 9.85. The molecule has 4 aromatic rings. The van der Waals surface area contributed by atoms with E-state index in [4.69, 9.17) is 16.3 Å². The zero-order valence-corrected chi connectivity index (χ0v) is 24.4. The molecule has 6 rings (SSSR count). The van der Waals surface area contributed by atoms with Gasteiger partial charge >= 0.3 is 5.69 Å². The third kappa shape index (κ3) is 5.63. The van der Waals surface area contributed by atoms with Crippen molar-refractivity contribution in [2.45, 2.75) is 58.2 Å². The van der Waals surface area contributed by atoms with Crippen LogP contribution in [0.25, 0.3) is 16.7 Å². The summed E-state index contributed by atoms with van der Waals surface area (Å²) in [5.74, 6) is 0.668. The standard InChI is InChI=1S/C31H33ClN6O4/c1-19-26(13-22(32)14-33-19)30(40)35-23-9-7-21(8-10-23)16-37-27-5-3-4-6-28(27)38(31(37)41)24-11-12-29(34-15-24)42-25-17-36(18-25)20(2)39/h3-6,11-15,21,23,25H,7-10,16-18H2,1-2H3,(H,35,40)/t21-,23-. The van der Waals surface area contributed by atoms with E-state index in [0.717, 1.165) is 36.7 Å². The van der Waals surface area contributed by atoms with Crippen molar-refractivity contribution in [1.29, 1.82) is 0 Å². The minimum atomic E-state index is -0.152. The second kappa shape index (κ2) is 11.6. The summed E-state index contributed by atoms with van der Waals surface area (Å²) in [5.41, 5.74) is 3.40. The molecular formula is C31H33ClN6O4. The summed E-state index contributed by atoms with van der Waals surface area (Å²) in [4.78, 5) is 48.4. The number of nitrogens with one attached hydrogen (secondary N) is 1. The van der Waals surface area contributed by atoms with Crippen molar-refractivity contribution in [1.82, 2.24) is 29.3 Å². The van der Waals surface area contributed by atoms with E-state index < -0.39 is 0 Å². The molecule has 2 aliphatic rings. The van der Waals surface area contributed by atoms with Gasteiger partial charge in [-0.15, -0.1) is 0 Å². The molecule has 1 N–H and O–H groups in total. The van der Waals surface area contributed by atoms with E-state index in [2.05, 4.69) is 15.3 Å². The molecule has 4 heterocycles. The maximum absolute atomic E-state index is 13.8. The van der Waals surface area contributed by atoms with E-state index in [1.165, 1.54) is 0 Å². The van der Waals surface area contributed by atoms with Crippen LogP contribution >= 0.6 is 11.6 Å². The molecule has 3 aromatic heterocycles. The summed E-state index contributed by atoms with van der Waals surface area (Å²) < 4.78 is 9.43. The molecule has 0 bridgehead atoms. The Morgan fingerprint density at radius 2 is 1.76 bits per heavy atom. The van der Waals surface area contributed by atoms with Crippen molar-refractivity contribution in [3.05, 3.63) is 81.6 Å². The molecule has 2 fully saturated rings. The zero-order chi connectivity index (χ0) is 29.4. The van der Waals surface area contributed by atoms with E-state index in [-0.39, 0.29) is 29.6 Å². The quantitative estimate of drug-likeness (QED) is 0.347. The number of benzene rings is 1. The molecule has 0 spiro atoms. The number of para-hydroxylation sites is 2. The van der Waals surface area contributed by atoms with Crippen LogP contribution in [0.4, 0.5) is 0 Å². The third-order valence-corrected chi connectivity index (χ3v) is 8.52. The number of nitrogens with zero attached hydrogens (tertiary/aromatic N) is 5. The Labute approximate surface area is 248 Å². The van der Waals surface area contributed by atoms with Crippen LogP contribution in [-0.2, 0) is 11.3 Å². The third-order valence-electron chi connectivity index (χ3n) is 8.32. The molecule has 1 aliphatic carbocycles. The predicted molar refractivity (Wildman–Crippen MR) is 159 cm³/mol. The highest BCUT2D eigenvalue weighted by Gasteiger charge is 2.30. The average Bonchev–Trinajstić information content (AvgIpc) is 3.23. The van der Waals surface area contributed by atoms with Crippen molar-refractivity contribution < 1.29 is 14.3 Å². The second-order valence-electron chi connectivity index (χ2n) is 11.2. The molecule has 1 saturated carbocycles. The Bertz CT molecular complexity index is 1680. The van der Waals surface area contributed by atoms with Crippen molar-refractivity contribution >= 4 is 34.4 Å². The van der Waals surface area contributed by atoms with Crippen LogP contribution < -0.4 is 15.7 Å². The van der Waals surface area contributed by atoms with Gasteiger partial charge in [0, 0.05) is 31.8 Å². The minimum Gasteiger partial charge on any atom is -0.471 e. The van der Waals surface area contributed by atoms with E-state index in [1.54, 1.807) is 47.8 Å². The number of fused-ring (bicyclic) bond motifs is 1. The Hall–Kier alpha value is -4.18. The van der Waals surface area contributed by atoms with Gasteiger partial charge in [-0.2, -0.15) is 0 Å². The van der Waals surface area contributed by atoms with Gasteiger partial charge in [0.05, 0.1) is 52.3 Å². The summed E-state index contributed by atoms with van der Waals surface area (Å²) in [5, 5.41) is 3.58. The molecule has 2 amide bonds. The number of hydrogen-bond acceptors (Lipinski definition) is 6. The van der Waals surface area contributed by atoms with Crippen LogP contribution in [0, 0.1) is 12.8 Å². The molecule has 1 saturated heterocycles. The number of imidazole rings is 1. The van der Waals surface area contributed by atoms with Crippen LogP contribution in [0.15, 0.2) is 59.7 Å². The maximum atomic E-state index is 13.8. The normalized spacial score (nSPS) is 19.0. The van der Waals surface area contributed by atoms with Crippen LogP contribution in [-0.4, -0.2) is 61.1 Å². The van der Waals surface area contributed by atoms with Gasteiger partial charge in [0.25, 0.3) is 5.91 Å². The van der Waals surface area contributed by atoms with Crippen LogP contribution in [0.2, 0.25) is 5.02 Å². The Morgan fingerprint density at radius 1 is 1.02 bits per heavy atom. The molecule has 1 aliphatic heterocycles. The van der Waals surface area contributed by atoms with Crippen molar-refractivity contribution in [2.24, 2.45) is 5.92 Å². The first-order valence-electron chi connectivity index (χ1n) is 14.3. The van der Waals surface area contributed by atoms with Crippen molar-refractivity contribution in [3.8, 4) is 11.6 Å². The highest BCUT2D eigenvalue weighted by molar-refractivity contribution is 6.30. The van der Waals surface area contributed by atoms with Gasteiger partial charge in [0.15, 0.2) is 0 Å². The lowest BCUT2D eigenvalue weighted by Gasteiger charge is -2.37. The lowest BCUT2D eigenvalue weighted by Crippen LogP contribution is -2.55. The predicted octanol–water partition coefficient (Wildman–Crippen LogP) is 4.14. The van der Waals surface area contributed by atoms with Gasteiger partial charge in [-0.25, -0.2) is 9.78 Å². The fraction of sp³-hybridized carbons (Fsp3) is 0.387. The largest absolute Gasteiger partial charge is 0.471 e. The first kappa shape index (κ1) is 28.0. The fourth-order valence-electron chi connectivity index (χ4n) is 5.90. The molecule has 11 heteroatoms. The number of amides is 2. The van der Waals surface area contributed by atoms with Crippen molar-refractivity contribution in [2.75, 3.05) is 13.1 Å². The number of pyridine rings is 2. The number of ether oxygens (including phenoxy) is 1. The lowest BCUT2D eigenvalue weighted by molar-refractivity contribution is -0.137. The van der Waals surface area contributed by atoms with Gasteiger partial charge in [-0.05, 0) is 62.8 Å². The summed E-state index contributed by atoms with van der Waals surface area (Å²) in [6.45, 7) is 5.06. The number of aromatic nitrogens is 4. The highest BCUT2D eigenvalue weighted by Crippen LogP contribution is 2.28. The Morgan fingerprint density at radius 3 is 2.45 bits per heavy atom. The number of aryl methyl sites for hydroxylation is 1. The molecule has 0 radical (unpaired) electrons. The van der Waals surface area contributed by atoms with E-state index in [1.807, 2.05) is 34.9 Å². The molecule has 0 atom stereocenters. The first-order valence-corrected chi connectivity index (χ1v) is 14.7. The summed E-state index contributed by atoms with van der Waals surface area (Å²) in [6.07, 6.45) is 6.61. The average molecular weight is 589 g/mol. The minimum absolute atomic E-state index is 0.0374. The fourth-order valence-corrected chi connectivity index (χ4v) is 6.06. The van der Waals surface area contributed by atoms with E-state index in [0.29, 0.717) is 53.4 Å². The number of rotatable bonds is 7. The van der Waals surface area contributed by atoms with Gasteiger partial charge in [-0.1, -0.05) is 23.7 Å². The van der Waals surface area contributed by atoms with Crippen LogP contribution in [0.5, 0.6) is 5.88 Å². The van der Waals surface area contributed by atoms with E-state index in [9.17, 15) is 14.4 Å². The summed E-state index contributed by atoms with van der Waals surface area (Å²) in [6, 6.07) is 13.1. The number of hydrogen-bond donors (Lipinski definition) is 1. The molecule has 10 nitrogen and oxygen atoms in total. The first-order chi connectivity index (χ1) is 20.3.